The molecule has 0 radical (unpaired) electrons. The Hall–Kier alpha value is -3.31. The number of amides is 1. The van der Waals surface area contributed by atoms with Crippen LogP contribution in [0.3, 0.4) is 0 Å². The number of carboxylic acid groups (broad SMARTS) is 1. The maximum atomic E-state index is 13.3. The number of nitrogens with one attached hydrogen (secondary N) is 1. The van der Waals surface area contributed by atoms with Crippen LogP contribution in [0, 0.1) is 0 Å². The van der Waals surface area contributed by atoms with E-state index in [0.29, 0.717) is 24.3 Å². The number of rotatable bonds is 6. The number of ether oxygens (including phenoxy) is 3. The molecule has 2 heterocycles. The van der Waals surface area contributed by atoms with E-state index in [1.54, 1.807) is 24.1 Å². The topological polar surface area (TPSA) is 131 Å². The first-order chi connectivity index (χ1) is 16.2. The Balaban J connectivity index is 1.57. The van der Waals surface area contributed by atoms with Gasteiger partial charge in [-0.05, 0) is 43.2 Å². The largest absolute Gasteiger partial charge is 0.497 e. The van der Waals surface area contributed by atoms with Gasteiger partial charge in [0.25, 0.3) is 15.9 Å². The zero-order valence-electron chi connectivity index (χ0n) is 18.8. The summed E-state index contributed by atoms with van der Waals surface area (Å²) in [7, 11) is -0.814. The first kappa shape index (κ1) is 23.8. The van der Waals surface area contributed by atoms with Crippen molar-refractivity contribution in [2.24, 2.45) is 0 Å². The van der Waals surface area contributed by atoms with Crippen LogP contribution in [0.5, 0.6) is 11.5 Å². The zero-order chi connectivity index (χ0) is 24.5. The second-order valence-electron chi connectivity index (χ2n) is 8.26. The molecule has 4 rings (SSSR count). The molecule has 0 aliphatic carbocycles. The molecule has 11 heteroatoms. The number of benzene rings is 2. The van der Waals surface area contributed by atoms with Crippen LogP contribution in [0.4, 0.5) is 5.69 Å². The van der Waals surface area contributed by atoms with Crippen LogP contribution in [0.1, 0.15) is 29.6 Å². The standard InChI is InChI=1S/C23H26N2O8S/c1-25-19-8-7-16(12-22(26)27)33-21(19)13-32-20-9-6-14(10-18(20)23(25)28)24-34(29,30)17-5-3-4-15(11-17)31-2/h3-6,9-11,16,19,21,24H,7-8,12-13H2,1-2H3,(H,26,27)/t16-,19+,21-/m1/s1. The van der Waals surface area contributed by atoms with Gasteiger partial charge in [0.05, 0.1) is 36.1 Å². The fourth-order valence-electron chi connectivity index (χ4n) is 4.27. The third-order valence-corrected chi connectivity index (χ3v) is 7.40. The van der Waals surface area contributed by atoms with Crippen LogP contribution in [0.15, 0.2) is 47.4 Å². The highest BCUT2D eigenvalue weighted by molar-refractivity contribution is 7.92. The number of hydrogen-bond donors (Lipinski definition) is 2. The van der Waals surface area contributed by atoms with Crippen molar-refractivity contribution in [2.45, 2.75) is 42.4 Å². The molecule has 0 unspecified atom stereocenters. The van der Waals surface area contributed by atoms with E-state index in [2.05, 4.69) is 4.72 Å². The minimum absolute atomic E-state index is 0.0244. The number of fused-ring (bicyclic) bond motifs is 2. The normalized spacial score (nSPS) is 22.5. The molecule has 182 valence electrons. The molecule has 2 aromatic rings. The van der Waals surface area contributed by atoms with Crippen LogP contribution in [0.25, 0.3) is 0 Å². The summed E-state index contributed by atoms with van der Waals surface area (Å²) in [6.45, 7) is 0.139. The van der Waals surface area contributed by atoms with E-state index < -0.39 is 28.2 Å². The summed E-state index contributed by atoms with van der Waals surface area (Å²) in [5.41, 5.74) is 0.435. The number of carbonyl (C=O) groups is 2. The van der Waals surface area contributed by atoms with Gasteiger partial charge >= 0.3 is 5.97 Å². The van der Waals surface area contributed by atoms with Crippen LogP contribution in [-0.4, -0.2) is 69.3 Å². The Bertz CT molecular complexity index is 1200. The summed E-state index contributed by atoms with van der Waals surface area (Å²) < 4.78 is 45.1. The Morgan fingerprint density at radius 2 is 2.03 bits per heavy atom. The third-order valence-electron chi connectivity index (χ3n) is 6.02. The Morgan fingerprint density at radius 3 is 2.76 bits per heavy atom. The summed E-state index contributed by atoms with van der Waals surface area (Å²) in [6.07, 6.45) is 0.0859. The lowest BCUT2D eigenvalue weighted by atomic mass is 9.95. The van der Waals surface area contributed by atoms with Gasteiger partial charge in [0, 0.05) is 18.8 Å². The van der Waals surface area contributed by atoms with Gasteiger partial charge in [-0.25, -0.2) is 8.42 Å². The lowest BCUT2D eigenvalue weighted by Crippen LogP contribution is -2.53. The van der Waals surface area contributed by atoms with Gasteiger partial charge in [0.15, 0.2) is 0 Å². The Labute approximate surface area is 197 Å². The summed E-state index contributed by atoms with van der Waals surface area (Å²) in [5.74, 6) is -0.578. The van der Waals surface area contributed by atoms with Crippen molar-refractivity contribution in [1.82, 2.24) is 4.90 Å². The van der Waals surface area contributed by atoms with Crippen molar-refractivity contribution in [1.29, 1.82) is 0 Å². The molecule has 2 aromatic carbocycles. The Morgan fingerprint density at radius 1 is 1.24 bits per heavy atom. The summed E-state index contributed by atoms with van der Waals surface area (Å²) in [4.78, 5) is 25.9. The van der Waals surface area contributed by atoms with E-state index in [1.807, 2.05) is 0 Å². The fraction of sp³-hybridized carbons (Fsp3) is 0.391. The number of nitrogens with zero attached hydrogens (tertiary/aromatic N) is 1. The molecule has 34 heavy (non-hydrogen) atoms. The van der Waals surface area contributed by atoms with E-state index in [1.165, 1.54) is 37.4 Å². The zero-order valence-corrected chi connectivity index (χ0v) is 19.6. The molecule has 2 aliphatic rings. The molecular formula is C23H26N2O8S. The number of likely N-dealkylation sites (N-methyl/N-ethyl adjacent to an activating group) is 1. The number of hydrogen-bond acceptors (Lipinski definition) is 7. The average molecular weight is 491 g/mol. The maximum Gasteiger partial charge on any atom is 0.305 e. The molecule has 1 fully saturated rings. The molecule has 0 saturated carbocycles. The second kappa shape index (κ2) is 9.51. The van der Waals surface area contributed by atoms with Crippen LogP contribution in [0.2, 0.25) is 0 Å². The van der Waals surface area contributed by atoms with E-state index in [4.69, 9.17) is 19.3 Å². The SMILES string of the molecule is COc1cccc(S(=O)(=O)Nc2ccc3c(c2)C(=O)N(C)[C@H]2CC[C@H](CC(=O)O)O[C@@H]2CO3)c1. The molecule has 2 aliphatic heterocycles. The van der Waals surface area contributed by atoms with Gasteiger partial charge in [-0.3, -0.25) is 14.3 Å². The quantitative estimate of drug-likeness (QED) is 0.631. The highest BCUT2D eigenvalue weighted by Gasteiger charge is 2.39. The van der Waals surface area contributed by atoms with Crippen LogP contribution in [-0.2, 0) is 19.6 Å². The van der Waals surface area contributed by atoms with E-state index in [9.17, 15) is 18.0 Å². The van der Waals surface area contributed by atoms with Crippen molar-refractivity contribution >= 4 is 27.6 Å². The van der Waals surface area contributed by atoms with Gasteiger partial charge in [-0.15, -0.1) is 0 Å². The van der Waals surface area contributed by atoms with Gasteiger partial charge in [-0.2, -0.15) is 0 Å². The van der Waals surface area contributed by atoms with Gasteiger partial charge in [0.2, 0.25) is 0 Å². The molecule has 0 spiro atoms. The number of carboxylic acids is 1. The van der Waals surface area contributed by atoms with Crippen molar-refractivity contribution in [3.63, 3.8) is 0 Å². The monoisotopic (exact) mass is 490 g/mol. The highest BCUT2D eigenvalue weighted by Crippen LogP contribution is 2.33. The minimum Gasteiger partial charge on any atom is -0.497 e. The maximum absolute atomic E-state index is 13.3. The molecule has 3 atom stereocenters. The molecule has 0 bridgehead atoms. The summed E-state index contributed by atoms with van der Waals surface area (Å²) >= 11 is 0. The summed E-state index contributed by atoms with van der Waals surface area (Å²) in [5, 5.41) is 9.06. The Kier molecular flexibility index (Phi) is 6.67. The fourth-order valence-corrected chi connectivity index (χ4v) is 5.35. The highest BCUT2D eigenvalue weighted by atomic mass is 32.2. The summed E-state index contributed by atoms with van der Waals surface area (Å²) in [6, 6.07) is 10.3. The van der Waals surface area contributed by atoms with Gasteiger partial charge in [0.1, 0.15) is 24.2 Å². The molecule has 2 N–H and O–H groups in total. The number of aliphatic carboxylic acids is 1. The lowest BCUT2D eigenvalue weighted by Gasteiger charge is -2.42. The van der Waals surface area contributed by atoms with Crippen molar-refractivity contribution in [3.8, 4) is 11.5 Å². The predicted molar refractivity (Wildman–Crippen MR) is 122 cm³/mol. The lowest BCUT2D eigenvalue weighted by molar-refractivity contribution is -0.148. The molecule has 0 aromatic heterocycles. The number of carbonyl (C=O) groups excluding carboxylic acids is 1. The average Bonchev–Trinajstić information content (AvgIpc) is 2.81. The van der Waals surface area contributed by atoms with Gasteiger partial charge in [-0.1, -0.05) is 6.07 Å². The van der Waals surface area contributed by atoms with Gasteiger partial charge < -0.3 is 24.2 Å². The molecular weight excluding hydrogens is 464 g/mol. The first-order valence-corrected chi connectivity index (χ1v) is 12.2. The van der Waals surface area contributed by atoms with Crippen LogP contribution < -0.4 is 14.2 Å². The molecule has 1 saturated heterocycles. The minimum atomic E-state index is -3.92. The van der Waals surface area contributed by atoms with E-state index >= 15 is 0 Å². The van der Waals surface area contributed by atoms with Crippen molar-refractivity contribution < 1.29 is 37.3 Å². The predicted octanol–water partition coefficient (Wildman–Crippen LogP) is 2.35. The first-order valence-electron chi connectivity index (χ1n) is 10.8. The van der Waals surface area contributed by atoms with Crippen molar-refractivity contribution in [2.75, 3.05) is 25.5 Å². The smallest absolute Gasteiger partial charge is 0.305 e. The molecule has 10 nitrogen and oxygen atoms in total. The number of anilines is 1. The third kappa shape index (κ3) is 4.95. The van der Waals surface area contributed by atoms with E-state index in [-0.39, 0.29) is 41.1 Å². The van der Waals surface area contributed by atoms with Crippen LogP contribution >= 0.6 is 0 Å². The number of methoxy groups -OCH3 is 1. The number of sulfonamides is 1. The molecule has 1 amide bonds. The second-order valence-corrected chi connectivity index (χ2v) is 9.94. The van der Waals surface area contributed by atoms with E-state index in [0.717, 1.165) is 0 Å². The van der Waals surface area contributed by atoms with Crippen molar-refractivity contribution in [3.05, 3.63) is 48.0 Å².